The number of unbranched alkanes of at least 4 members (excludes halogenated alkanes) is 5. The highest BCUT2D eigenvalue weighted by Gasteiger charge is 2.52. The van der Waals surface area contributed by atoms with Crippen LogP contribution in [0, 0.1) is 5.41 Å². The van der Waals surface area contributed by atoms with Crippen molar-refractivity contribution in [1.82, 2.24) is 0 Å². The van der Waals surface area contributed by atoms with Crippen molar-refractivity contribution in [2.75, 3.05) is 19.8 Å². The molecule has 0 aliphatic rings. The summed E-state index contributed by atoms with van der Waals surface area (Å²) in [6.45, 7) is 14.1. The lowest BCUT2D eigenvalue weighted by Gasteiger charge is -2.47. The molecule has 0 saturated heterocycles. The molecule has 0 heterocycles. The van der Waals surface area contributed by atoms with E-state index in [9.17, 15) is 0 Å². The van der Waals surface area contributed by atoms with Crippen molar-refractivity contribution < 1.29 is 14.2 Å². The van der Waals surface area contributed by atoms with Crippen LogP contribution in [0.15, 0.2) is 43.0 Å². The Morgan fingerprint density at radius 2 is 1.31 bits per heavy atom. The predicted octanol–water partition coefficient (Wildman–Crippen LogP) is 7.31. The molecule has 0 aliphatic heterocycles. The van der Waals surface area contributed by atoms with Gasteiger partial charge in [0.15, 0.2) is 0 Å². The van der Waals surface area contributed by atoms with Crippen molar-refractivity contribution in [1.29, 1.82) is 0 Å². The molecule has 0 aliphatic carbocycles. The second kappa shape index (κ2) is 14.8. The third-order valence-electron chi connectivity index (χ3n) is 5.68. The van der Waals surface area contributed by atoms with Crippen LogP contribution in [0.5, 0.6) is 0 Å². The molecule has 3 heteroatoms. The Bertz CT molecular complexity index is 511. The number of hydrogen-bond donors (Lipinski definition) is 0. The van der Waals surface area contributed by atoms with E-state index < -0.39 is 11.4 Å². The lowest BCUT2D eigenvalue weighted by molar-refractivity contribution is -0.421. The van der Waals surface area contributed by atoms with Gasteiger partial charge in [-0.3, -0.25) is 0 Å². The summed E-state index contributed by atoms with van der Waals surface area (Å²) in [5, 5.41) is 0. The first-order valence-electron chi connectivity index (χ1n) is 11.7. The molecule has 0 aromatic heterocycles. The van der Waals surface area contributed by atoms with Gasteiger partial charge in [0, 0.05) is 19.8 Å². The van der Waals surface area contributed by atoms with Crippen LogP contribution in [0.25, 0.3) is 0 Å². The quantitative estimate of drug-likeness (QED) is 0.146. The van der Waals surface area contributed by atoms with E-state index in [0.29, 0.717) is 19.8 Å². The fourth-order valence-corrected chi connectivity index (χ4v) is 4.12. The van der Waals surface area contributed by atoms with E-state index in [1.54, 1.807) is 0 Å². The molecule has 0 amide bonds. The smallest absolute Gasteiger partial charge is 0.292 e. The summed E-state index contributed by atoms with van der Waals surface area (Å²) in [5.74, 6) is -1.08. The van der Waals surface area contributed by atoms with Crippen LogP contribution in [-0.4, -0.2) is 25.8 Å². The molecule has 1 aromatic rings. The Kier molecular flexibility index (Phi) is 13.2. The van der Waals surface area contributed by atoms with Crippen molar-refractivity contribution in [3.63, 3.8) is 0 Å². The van der Waals surface area contributed by atoms with E-state index in [2.05, 4.69) is 43.8 Å². The van der Waals surface area contributed by atoms with Gasteiger partial charge >= 0.3 is 0 Å². The number of rotatable bonds is 18. The van der Waals surface area contributed by atoms with Gasteiger partial charge in [-0.2, -0.15) is 0 Å². The Morgan fingerprint density at radius 1 is 0.759 bits per heavy atom. The Balaban J connectivity index is 3.07. The van der Waals surface area contributed by atoms with E-state index in [4.69, 9.17) is 14.2 Å². The predicted molar refractivity (Wildman–Crippen MR) is 123 cm³/mol. The summed E-state index contributed by atoms with van der Waals surface area (Å²) in [7, 11) is 0. The molecule has 0 spiro atoms. The van der Waals surface area contributed by atoms with E-state index in [1.807, 2.05) is 26.8 Å². The highest BCUT2D eigenvalue weighted by molar-refractivity contribution is 5.16. The summed E-state index contributed by atoms with van der Waals surface area (Å²) < 4.78 is 18.7. The molecular formula is C26H44O3. The maximum atomic E-state index is 6.24. The molecule has 1 atom stereocenters. The lowest BCUT2D eigenvalue weighted by Crippen LogP contribution is -2.54. The maximum absolute atomic E-state index is 6.24. The minimum Gasteiger partial charge on any atom is -0.327 e. The molecule has 1 aromatic carbocycles. The fourth-order valence-electron chi connectivity index (χ4n) is 4.12. The number of hydrogen-bond acceptors (Lipinski definition) is 3. The first-order chi connectivity index (χ1) is 14.1. The van der Waals surface area contributed by atoms with Crippen LogP contribution in [0.2, 0.25) is 0 Å². The van der Waals surface area contributed by atoms with Gasteiger partial charge in [0.2, 0.25) is 0 Å². The van der Waals surface area contributed by atoms with E-state index in [0.717, 1.165) is 25.7 Å². The Labute approximate surface area is 179 Å². The normalized spacial score (nSPS) is 13.9. The van der Waals surface area contributed by atoms with Crippen LogP contribution in [0.1, 0.15) is 84.6 Å². The summed E-state index contributed by atoms with van der Waals surface area (Å²) in [6, 6.07) is 10.6. The molecular weight excluding hydrogens is 360 g/mol. The van der Waals surface area contributed by atoms with Crippen molar-refractivity contribution >= 4 is 0 Å². The minimum absolute atomic E-state index is 0.393. The summed E-state index contributed by atoms with van der Waals surface area (Å²) in [6.07, 6.45) is 12.4. The maximum Gasteiger partial charge on any atom is 0.292 e. The zero-order valence-corrected chi connectivity index (χ0v) is 19.4. The molecule has 1 rings (SSSR count). The average molecular weight is 405 g/mol. The Morgan fingerprint density at radius 3 is 1.83 bits per heavy atom. The van der Waals surface area contributed by atoms with Crippen molar-refractivity contribution in [3.05, 3.63) is 48.6 Å². The second-order valence-corrected chi connectivity index (χ2v) is 7.72. The summed E-state index contributed by atoms with van der Waals surface area (Å²) in [4.78, 5) is 0. The third-order valence-corrected chi connectivity index (χ3v) is 5.68. The first kappa shape index (κ1) is 25.9. The van der Waals surface area contributed by atoms with E-state index >= 15 is 0 Å². The molecule has 1 unspecified atom stereocenters. The molecule has 0 N–H and O–H groups in total. The van der Waals surface area contributed by atoms with Crippen LogP contribution < -0.4 is 0 Å². The van der Waals surface area contributed by atoms with Crippen LogP contribution in [0.3, 0.4) is 0 Å². The zero-order chi connectivity index (χ0) is 21.4. The van der Waals surface area contributed by atoms with Gasteiger partial charge < -0.3 is 14.2 Å². The monoisotopic (exact) mass is 404 g/mol. The van der Waals surface area contributed by atoms with Gasteiger partial charge in [0.05, 0.1) is 5.41 Å². The molecule has 0 bridgehead atoms. The van der Waals surface area contributed by atoms with Crippen molar-refractivity contribution in [2.45, 2.75) is 91.5 Å². The lowest BCUT2D eigenvalue weighted by atomic mass is 9.74. The standard InChI is InChI=1S/C26H44O3/c1-6-11-12-13-14-18-22-25(7-2,23-21-24-19-16-15-17-20-24)26(27-8-3,28-9-4)29-10-5/h7,15-17,19-20H,2,6,8-14,18,21-23H2,1,3-5H3. The second-order valence-electron chi connectivity index (χ2n) is 7.72. The molecule has 0 saturated carbocycles. The summed E-state index contributed by atoms with van der Waals surface area (Å²) in [5.41, 5.74) is 0.926. The van der Waals surface area contributed by atoms with Crippen molar-refractivity contribution in [3.8, 4) is 0 Å². The number of ether oxygens (including phenoxy) is 3. The van der Waals surface area contributed by atoms with Crippen LogP contribution >= 0.6 is 0 Å². The molecule has 29 heavy (non-hydrogen) atoms. The number of benzene rings is 1. The molecule has 0 radical (unpaired) electrons. The molecule has 3 nitrogen and oxygen atoms in total. The minimum atomic E-state index is -1.08. The van der Waals surface area contributed by atoms with Gasteiger partial charge in [0.25, 0.3) is 5.97 Å². The largest absolute Gasteiger partial charge is 0.327 e. The Hall–Kier alpha value is -1.16. The van der Waals surface area contributed by atoms with E-state index in [1.165, 1.54) is 37.7 Å². The fraction of sp³-hybridized carbons (Fsp3) is 0.692. The van der Waals surface area contributed by atoms with Crippen LogP contribution in [0.4, 0.5) is 0 Å². The van der Waals surface area contributed by atoms with Gasteiger partial charge in [-0.05, 0) is 45.6 Å². The van der Waals surface area contributed by atoms with Gasteiger partial charge in [-0.25, -0.2) is 0 Å². The topological polar surface area (TPSA) is 27.7 Å². The van der Waals surface area contributed by atoms with Crippen LogP contribution in [-0.2, 0) is 20.6 Å². The first-order valence-corrected chi connectivity index (χ1v) is 11.7. The van der Waals surface area contributed by atoms with E-state index in [-0.39, 0.29) is 0 Å². The van der Waals surface area contributed by atoms with Gasteiger partial charge in [-0.15, -0.1) is 6.58 Å². The highest BCUT2D eigenvalue weighted by Crippen LogP contribution is 2.46. The third kappa shape index (κ3) is 7.88. The van der Waals surface area contributed by atoms with Gasteiger partial charge in [-0.1, -0.05) is 81.9 Å². The SMILES string of the molecule is C=CC(CCCCCCCC)(CCc1ccccc1)C(OCC)(OCC)OCC. The average Bonchev–Trinajstić information content (AvgIpc) is 2.74. The molecule has 0 fully saturated rings. The summed E-state index contributed by atoms with van der Waals surface area (Å²) >= 11 is 0. The molecule has 166 valence electrons. The van der Waals surface area contributed by atoms with Crippen molar-refractivity contribution in [2.24, 2.45) is 5.41 Å². The van der Waals surface area contributed by atoms with Gasteiger partial charge in [0.1, 0.15) is 0 Å². The highest BCUT2D eigenvalue weighted by atomic mass is 16.9. The zero-order valence-electron chi connectivity index (χ0n) is 19.4. The number of aryl methyl sites for hydroxylation is 1.